The van der Waals surface area contributed by atoms with E-state index < -0.39 is 10.0 Å². The van der Waals surface area contributed by atoms with Crippen LogP contribution in [0, 0.1) is 0 Å². The first-order valence-electron chi connectivity index (χ1n) is 8.59. The van der Waals surface area contributed by atoms with Gasteiger partial charge in [0.25, 0.3) is 5.91 Å². The number of hydrogen-bond donors (Lipinski definition) is 1. The van der Waals surface area contributed by atoms with Crippen LogP contribution >= 0.6 is 11.6 Å². The molecule has 0 spiro atoms. The molecule has 5 nitrogen and oxygen atoms in total. The highest BCUT2D eigenvalue weighted by atomic mass is 35.5. The lowest BCUT2D eigenvalue weighted by Gasteiger charge is -2.26. The van der Waals surface area contributed by atoms with Gasteiger partial charge in [-0.15, -0.1) is 0 Å². The summed E-state index contributed by atoms with van der Waals surface area (Å²) in [6.07, 6.45) is 3.23. The van der Waals surface area contributed by atoms with E-state index in [2.05, 4.69) is 4.72 Å². The van der Waals surface area contributed by atoms with Crippen LogP contribution in [0.3, 0.4) is 0 Å². The third-order valence-electron chi connectivity index (χ3n) is 4.39. The fourth-order valence-electron chi connectivity index (χ4n) is 2.99. The zero-order valence-electron chi connectivity index (χ0n) is 14.3. The summed E-state index contributed by atoms with van der Waals surface area (Å²) in [6, 6.07) is 13.2. The van der Waals surface area contributed by atoms with Crippen molar-refractivity contribution in [2.75, 3.05) is 13.1 Å². The van der Waals surface area contributed by atoms with Crippen LogP contribution in [0.1, 0.15) is 35.2 Å². The molecule has 0 saturated carbocycles. The van der Waals surface area contributed by atoms with Crippen molar-refractivity contribution in [3.63, 3.8) is 0 Å². The Morgan fingerprint density at radius 1 is 1.04 bits per heavy atom. The van der Waals surface area contributed by atoms with E-state index in [0.29, 0.717) is 10.6 Å². The Balaban J connectivity index is 1.70. The number of sulfonamides is 1. The molecule has 1 heterocycles. The van der Waals surface area contributed by atoms with Crippen molar-refractivity contribution in [1.82, 2.24) is 9.62 Å². The van der Waals surface area contributed by atoms with E-state index in [1.165, 1.54) is 12.1 Å². The quantitative estimate of drug-likeness (QED) is 0.847. The SMILES string of the molecule is O=C(c1cccc(CNS(=O)(=O)c2cccc(Cl)c2)c1)N1CCCCC1. The molecule has 0 aromatic heterocycles. The molecule has 3 rings (SSSR count). The second kappa shape index (κ2) is 8.20. The molecular formula is C19H21ClN2O3S. The van der Waals surface area contributed by atoms with Crippen LogP contribution in [-0.2, 0) is 16.6 Å². The Morgan fingerprint density at radius 3 is 2.50 bits per heavy atom. The predicted octanol–water partition coefficient (Wildman–Crippen LogP) is 3.44. The summed E-state index contributed by atoms with van der Waals surface area (Å²) in [7, 11) is -3.66. The third-order valence-corrected chi connectivity index (χ3v) is 6.02. The van der Waals surface area contributed by atoms with Crippen LogP contribution in [0.5, 0.6) is 0 Å². The van der Waals surface area contributed by atoms with Crippen molar-refractivity contribution in [2.45, 2.75) is 30.7 Å². The minimum absolute atomic E-state index is 0.00393. The normalized spacial score (nSPS) is 15.0. The van der Waals surface area contributed by atoms with Crippen LogP contribution in [0.4, 0.5) is 0 Å². The number of carbonyl (C=O) groups is 1. The molecule has 2 aromatic carbocycles. The average Bonchev–Trinajstić information content (AvgIpc) is 2.67. The molecule has 7 heteroatoms. The first kappa shape index (κ1) is 18.9. The topological polar surface area (TPSA) is 66.5 Å². The third kappa shape index (κ3) is 4.63. The van der Waals surface area contributed by atoms with Crippen molar-refractivity contribution >= 4 is 27.5 Å². The first-order chi connectivity index (χ1) is 12.5. The summed E-state index contributed by atoms with van der Waals surface area (Å²) in [4.78, 5) is 14.6. The Bertz CT molecular complexity index is 893. The Hall–Kier alpha value is -1.89. The van der Waals surface area contributed by atoms with E-state index >= 15 is 0 Å². The maximum absolute atomic E-state index is 12.6. The number of piperidine rings is 1. The highest BCUT2D eigenvalue weighted by Crippen LogP contribution is 2.17. The number of likely N-dealkylation sites (tertiary alicyclic amines) is 1. The lowest BCUT2D eigenvalue weighted by Crippen LogP contribution is -2.35. The molecule has 1 saturated heterocycles. The number of nitrogens with one attached hydrogen (secondary N) is 1. The van der Waals surface area contributed by atoms with E-state index in [1.54, 1.807) is 36.4 Å². The van der Waals surface area contributed by atoms with Crippen molar-refractivity contribution in [2.24, 2.45) is 0 Å². The van der Waals surface area contributed by atoms with Crippen LogP contribution in [0.25, 0.3) is 0 Å². The highest BCUT2D eigenvalue weighted by molar-refractivity contribution is 7.89. The van der Waals surface area contributed by atoms with Crippen LogP contribution < -0.4 is 4.72 Å². The summed E-state index contributed by atoms with van der Waals surface area (Å²) in [5, 5.41) is 0.363. The summed E-state index contributed by atoms with van der Waals surface area (Å²) in [5.41, 5.74) is 1.32. The Labute approximate surface area is 159 Å². The van der Waals surface area contributed by atoms with Gasteiger partial charge in [0.2, 0.25) is 10.0 Å². The van der Waals surface area contributed by atoms with Gasteiger partial charge in [-0.1, -0.05) is 29.8 Å². The van der Waals surface area contributed by atoms with Gasteiger partial charge in [-0.2, -0.15) is 0 Å². The molecule has 1 amide bonds. The first-order valence-corrected chi connectivity index (χ1v) is 10.5. The number of nitrogens with zero attached hydrogens (tertiary/aromatic N) is 1. The zero-order chi connectivity index (χ0) is 18.6. The maximum Gasteiger partial charge on any atom is 0.253 e. The second-order valence-corrected chi connectivity index (χ2v) is 8.54. The summed E-state index contributed by atoms with van der Waals surface area (Å²) < 4.78 is 27.3. The predicted molar refractivity (Wildman–Crippen MR) is 102 cm³/mol. The Kier molecular flexibility index (Phi) is 5.96. The van der Waals surface area contributed by atoms with Crippen LogP contribution in [0.15, 0.2) is 53.4 Å². The molecule has 0 radical (unpaired) electrons. The largest absolute Gasteiger partial charge is 0.339 e. The molecule has 1 aliphatic heterocycles. The van der Waals surface area contributed by atoms with Crippen LogP contribution in [0.2, 0.25) is 5.02 Å². The second-order valence-electron chi connectivity index (χ2n) is 6.34. The van der Waals surface area contributed by atoms with Gasteiger partial charge in [0, 0.05) is 30.2 Å². The minimum Gasteiger partial charge on any atom is -0.339 e. The van der Waals surface area contributed by atoms with E-state index in [4.69, 9.17) is 11.6 Å². The van der Waals surface area contributed by atoms with Crippen molar-refractivity contribution in [1.29, 1.82) is 0 Å². The molecule has 2 aromatic rings. The van der Waals surface area contributed by atoms with E-state index in [9.17, 15) is 13.2 Å². The molecular weight excluding hydrogens is 372 g/mol. The Morgan fingerprint density at radius 2 is 1.77 bits per heavy atom. The number of benzene rings is 2. The summed E-state index contributed by atoms with van der Waals surface area (Å²) >= 11 is 5.86. The molecule has 0 atom stereocenters. The monoisotopic (exact) mass is 392 g/mol. The van der Waals surface area contributed by atoms with Gasteiger partial charge in [-0.05, 0) is 55.2 Å². The minimum atomic E-state index is -3.66. The van der Waals surface area contributed by atoms with E-state index in [0.717, 1.165) is 37.9 Å². The molecule has 26 heavy (non-hydrogen) atoms. The fraction of sp³-hybridized carbons (Fsp3) is 0.316. The average molecular weight is 393 g/mol. The number of hydrogen-bond acceptors (Lipinski definition) is 3. The van der Waals surface area contributed by atoms with Gasteiger partial charge in [0.15, 0.2) is 0 Å². The number of halogens is 1. The van der Waals surface area contributed by atoms with Gasteiger partial charge in [0.1, 0.15) is 0 Å². The highest BCUT2D eigenvalue weighted by Gasteiger charge is 2.19. The van der Waals surface area contributed by atoms with E-state index in [-0.39, 0.29) is 17.3 Å². The van der Waals surface area contributed by atoms with Gasteiger partial charge < -0.3 is 4.90 Å². The molecule has 138 valence electrons. The summed E-state index contributed by atoms with van der Waals surface area (Å²) in [5.74, 6) is 0.00393. The molecule has 0 bridgehead atoms. The van der Waals surface area contributed by atoms with Crippen molar-refractivity contribution < 1.29 is 13.2 Å². The zero-order valence-corrected chi connectivity index (χ0v) is 15.9. The van der Waals surface area contributed by atoms with Gasteiger partial charge in [-0.25, -0.2) is 13.1 Å². The van der Waals surface area contributed by atoms with Gasteiger partial charge in [-0.3, -0.25) is 4.79 Å². The number of carbonyl (C=O) groups excluding carboxylic acids is 1. The van der Waals surface area contributed by atoms with E-state index in [1.807, 2.05) is 4.90 Å². The molecule has 0 aliphatic carbocycles. The van der Waals surface area contributed by atoms with Crippen LogP contribution in [-0.4, -0.2) is 32.3 Å². The summed E-state index contributed by atoms with van der Waals surface area (Å²) in [6.45, 7) is 1.67. The molecule has 1 aliphatic rings. The number of rotatable bonds is 5. The lowest BCUT2D eigenvalue weighted by atomic mass is 10.1. The fourth-order valence-corrected chi connectivity index (χ4v) is 4.31. The standard InChI is InChI=1S/C19H21ClN2O3S/c20-17-8-5-9-18(13-17)26(24,25)21-14-15-6-4-7-16(12-15)19(23)22-10-2-1-3-11-22/h4-9,12-13,21H,1-3,10-11,14H2. The molecule has 1 N–H and O–H groups in total. The molecule has 0 unspecified atom stereocenters. The van der Waals surface area contributed by atoms with Crippen molar-refractivity contribution in [3.8, 4) is 0 Å². The maximum atomic E-state index is 12.6. The smallest absolute Gasteiger partial charge is 0.253 e. The number of amides is 1. The molecule has 1 fully saturated rings. The van der Waals surface area contributed by atoms with Crippen molar-refractivity contribution in [3.05, 3.63) is 64.7 Å². The van der Waals surface area contributed by atoms with Gasteiger partial charge in [0.05, 0.1) is 4.90 Å². The lowest BCUT2D eigenvalue weighted by molar-refractivity contribution is 0.0724. The van der Waals surface area contributed by atoms with Gasteiger partial charge >= 0.3 is 0 Å².